The minimum atomic E-state index is -0.239. The topological polar surface area (TPSA) is 58.4 Å². The van der Waals surface area contributed by atoms with Gasteiger partial charge >= 0.3 is 0 Å². The van der Waals surface area contributed by atoms with Crippen molar-refractivity contribution < 1.29 is 9.18 Å². The van der Waals surface area contributed by atoms with Crippen LogP contribution >= 0.6 is 0 Å². The van der Waals surface area contributed by atoms with Gasteiger partial charge in [0.25, 0.3) is 0 Å². The largest absolute Gasteiger partial charge is 0.354 e. The lowest BCUT2D eigenvalue weighted by atomic mass is 9.87. The van der Waals surface area contributed by atoms with Crippen molar-refractivity contribution in [2.24, 2.45) is 11.7 Å². The van der Waals surface area contributed by atoms with Gasteiger partial charge in [-0.25, -0.2) is 4.39 Å². The summed E-state index contributed by atoms with van der Waals surface area (Å²) in [6, 6.07) is 6.70. The number of likely N-dealkylation sites (tertiary alicyclic amines) is 1. The predicted molar refractivity (Wildman–Crippen MR) is 79.0 cm³/mol. The molecule has 3 N–H and O–H groups in total. The van der Waals surface area contributed by atoms with Gasteiger partial charge in [0.2, 0.25) is 5.91 Å². The Morgan fingerprint density at radius 3 is 2.76 bits per heavy atom. The normalized spacial score (nSPS) is 28.8. The fraction of sp³-hybridized carbons (Fsp3) is 0.562. The van der Waals surface area contributed by atoms with Gasteiger partial charge in [-0.1, -0.05) is 12.1 Å². The summed E-state index contributed by atoms with van der Waals surface area (Å²) in [6.45, 7) is 3.59. The van der Waals surface area contributed by atoms with E-state index in [0.717, 1.165) is 24.9 Å². The maximum absolute atomic E-state index is 13.2. The van der Waals surface area contributed by atoms with Crippen LogP contribution in [0.2, 0.25) is 0 Å². The Morgan fingerprint density at radius 1 is 1.38 bits per heavy atom. The highest BCUT2D eigenvalue weighted by molar-refractivity contribution is 5.82. The van der Waals surface area contributed by atoms with Gasteiger partial charge in [-0.15, -0.1) is 0 Å². The van der Waals surface area contributed by atoms with Crippen molar-refractivity contribution in [1.29, 1.82) is 0 Å². The van der Waals surface area contributed by atoms with Crippen LogP contribution in [0.15, 0.2) is 24.3 Å². The number of carbonyl (C=O) groups excluding carboxylic acids is 1. The molecule has 2 saturated heterocycles. The maximum atomic E-state index is 13.2. The summed E-state index contributed by atoms with van der Waals surface area (Å²) < 4.78 is 13.2. The van der Waals surface area contributed by atoms with Gasteiger partial charge in [0.15, 0.2) is 0 Å². The molecule has 0 radical (unpaired) electrons. The van der Waals surface area contributed by atoms with E-state index in [1.54, 1.807) is 12.1 Å². The van der Waals surface area contributed by atoms with Gasteiger partial charge in [-0.2, -0.15) is 0 Å². The molecule has 0 bridgehead atoms. The van der Waals surface area contributed by atoms with Crippen molar-refractivity contribution in [2.45, 2.75) is 37.9 Å². The van der Waals surface area contributed by atoms with Gasteiger partial charge in [0.1, 0.15) is 5.82 Å². The van der Waals surface area contributed by atoms with Crippen molar-refractivity contribution >= 4 is 5.91 Å². The van der Waals surface area contributed by atoms with Crippen LogP contribution in [0, 0.1) is 11.7 Å². The van der Waals surface area contributed by atoms with E-state index in [1.165, 1.54) is 12.1 Å². The predicted octanol–water partition coefficient (Wildman–Crippen LogP) is 1.42. The quantitative estimate of drug-likeness (QED) is 0.885. The average Bonchev–Trinajstić information content (AvgIpc) is 2.84. The number of halogens is 1. The molecular formula is C16H22FN3O. The Morgan fingerprint density at radius 2 is 2.10 bits per heavy atom. The van der Waals surface area contributed by atoms with E-state index < -0.39 is 0 Å². The van der Waals surface area contributed by atoms with Crippen LogP contribution in [0.3, 0.4) is 0 Å². The number of rotatable bonds is 3. The van der Waals surface area contributed by atoms with E-state index in [0.29, 0.717) is 6.54 Å². The minimum Gasteiger partial charge on any atom is -0.354 e. The van der Waals surface area contributed by atoms with Gasteiger partial charge < -0.3 is 11.1 Å². The van der Waals surface area contributed by atoms with Crippen molar-refractivity contribution in [3.05, 3.63) is 35.6 Å². The molecule has 4 unspecified atom stereocenters. The van der Waals surface area contributed by atoms with Crippen molar-refractivity contribution in [3.8, 4) is 0 Å². The molecule has 0 spiro atoms. The van der Waals surface area contributed by atoms with Crippen LogP contribution in [-0.4, -0.2) is 36.0 Å². The molecular weight excluding hydrogens is 269 g/mol. The Kier molecular flexibility index (Phi) is 3.95. The maximum Gasteiger partial charge on any atom is 0.224 e. The fourth-order valence-electron chi connectivity index (χ4n) is 3.79. The number of amides is 1. The van der Waals surface area contributed by atoms with E-state index in [-0.39, 0.29) is 35.8 Å². The molecule has 0 aromatic heterocycles. The van der Waals surface area contributed by atoms with Gasteiger partial charge in [-0.05, 0) is 44.0 Å². The Balaban J connectivity index is 1.90. The van der Waals surface area contributed by atoms with Crippen molar-refractivity contribution in [1.82, 2.24) is 10.2 Å². The highest BCUT2D eigenvalue weighted by Crippen LogP contribution is 2.35. The molecule has 0 saturated carbocycles. The Hall–Kier alpha value is -1.46. The Labute approximate surface area is 124 Å². The van der Waals surface area contributed by atoms with Crippen LogP contribution in [0.25, 0.3) is 0 Å². The lowest BCUT2D eigenvalue weighted by molar-refractivity contribution is -0.124. The molecule has 5 heteroatoms. The average molecular weight is 291 g/mol. The van der Waals surface area contributed by atoms with Crippen LogP contribution in [-0.2, 0) is 4.79 Å². The molecule has 2 aliphatic rings. The molecule has 2 fully saturated rings. The van der Waals surface area contributed by atoms with Crippen LogP contribution < -0.4 is 11.1 Å². The zero-order chi connectivity index (χ0) is 15.0. The molecule has 1 aromatic carbocycles. The van der Waals surface area contributed by atoms with Crippen molar-refractivity contribution in [3.63, 3.8) is 0 Å². The highest BCUT2D eigenvalue weighted by Gasteiger charge is 2.43. The van der Waals surface area contributed by atoms with Gasteiger partial charge in [0.05, 0.1) is 5.92 Å². The lowest BCUT2D eigenvalue weighted by Crippen LogP contribution is -2.51. The van der Waals surface area contributed by atoms with E-state index >= 15 is 0 Å². The standard InChI is InChI=1S/C16H22FN3O/c1-10(18)15(11-4-6-12(17)7-5-11)20-8-2-3-13-14(20)9-19-16(13)21/h4-7,10,13-15H,2-3,8-9,18H2,1H3,(H,19,21). The molecule has 114 valence electrons. The number of carbonyl (C=O) groups is 1. The molecule has 3 rings (SSSR count). The number of nitrogens with two attached hydrogens (primary N) is 1. The summed E-state index contributed by atoms with van der Waals surface area (Å²) in [6.07, 6.45) is 1.95. The third-order valence-corrected chi connectivity index (χ3v) is 4.71. The number of nitrogens with zero attached hydrogens (tertiary/aromatic N) is 1. The monoisotopic (exact) mass is 291 g/mol. The summed E-state index contributed by atoms with van der Waals surface area (Å²) in [5, 5.41) is 2.96. The first-order valence-electron chi connectivity index (χ1n) is 7.62. The third kappa shape index (κ3) is 2.68. The number of piperidine rings is 1. The van der Waals surface area contributed by atoms with E-state index in [9.17, 15) is 9.18 Å². The van der Waals surface area contributed by atoms with Crippen LogP contribution in [0.1, 0.15) is 31.4 Å². The second-order valence-electron chi connectivity index (χ2n) is 6.15. The summed E-state index contributed by atoms with van der Waals surface area (Å²) in [4.78, 5) is 14.2. The highest BCUT2D eigenvalue weighted by atomic mass is 19.1. The number of fused-ring (bicyclic) bond motifs is 1. The van der Waals surface area contributed by atoms with Gasteiger partial charge in [0, 0.05) is 24.7 Å². The Bertz CT molecular complexity index is 517. The molecule has 4 atom stereocenters. The second-order valence-corrected chi connectivity index (χ2v) is 6.15. The number of nitrogens with one attached hydrogen (secondary N) is 1. The smallest absolute Gasteiger partial charge is 0.224 e. The molecule has 1 aromatic rings. The van der Waals surface area contributed by atoms with E-state index in [1.807, 2.05) is 6.92 Å². The lowest BCUT2D eigenvalue weighted by Gasteiger charge is -2.43. The second kappa shape index (κ2) is 5.73. The van der Waals surface area contributed by atoms with Crippen molar-refractivity contribution in [2.75, 3.05) is 13.1 Å². The zero-order valence-electron chi connectivity index (χ0n) is 12.3. The number of hydrogen-bond acceptors (Lipinski definition) is 3. The third-order valence-electron chi connectivity index (χ3n) is 4.71. The molecule has 21 heavy (non-hydrogen) atoms. The minimum absolute atomic E-state index is 0.0195. The first-order valence-corrected chi connectivity index (χ1v) is 7.62. The van der Waals surface area contributed by atoms with Crippen LogP contribution in [0.5, 0.6) is 0 Å². The summed E-state index contributed by atoms with van der Waals surface area (Å²) in [7, 11) is 0. The van der Waals surface area contributed by atoms with E-state index in [4.69, 9.17) is 5.73 Å². The molecule has 1 amide bonds. The molecule has 2 aliphatic heterocycles. The molecule has 2 heterocycles. The first kappa shape index (κ1) is 14.5. The fourth-order valence-corrected chi connectivity index (χ4v) is 3.79. The van der Waals surface area contributed by atoms with E-state index in [2.05, 4.69) is 10.2 Å². The first-order chi connectivity index (χ1) is 10.1. The summed E-state index contributed by atoms with van der Waals surface area (Å²) in [5.41, 5.74) is 7.23. The van der Waals surface area contributed by atoms with Gasteiger partial charge in [-0.3, -0.25) is 9.69 Å². The summed E-state index contributed by atoms with van der Waals surface area (Å²) in [5.74, 6) is -0.0101. The molecule has 0 aliphatic carbocycles. The SMILES string of the molecule is CC(N)C(c1ccc(F)cc1)N1CCCC2C(=O)NCC21. The zero-order valence-corrected chi connectivity index (χ0v) is 12.3. The van der Waals surface area contributed by atoms with Crippen LogP contribution in [0.4, 0.5) is 4.39 Å². The number of hydrogen-bond donors (Lipinski definition) is 2. The molecule has 4 nitrogen and oxygen atoms in total. The summed E-state index contributed by atoms with van der Waals surface area (Å²) >= 11 is 0. The number of benzene rings is 1.